The number of likely N-dealkylation sites (tertiary alicyclic amines) is 1. The molecule has 1 saturated heterocycles. The number of guanidine groups is 1. The van der Waals surface area contributed by atoms with Crippen molar-refractivity contribution in [1.29, 1.82) is 0 Å². The molecule has 2 heterocycles. The van der Waals surface area contributed by atoms with Gasteiger partial charge in [0.05, 0.1) is 17.2 Å². The Bertz CT molecular complexity index is 469. The molecule has 0 saturated carbocycles. The average molecular weight is 451 g/mol. The zero-order valence-corrected chi connectivity index (χ0v) is 17.6. The minimum Gasteiger partial charge on any atom is -0.354 e. The highest BCUT2D eigenvalue weighted by atomic mass is 127. The van der Waals surface area contributed by atoms with Crippen molar-refractivity contribution in [3.05, 3.63) is 16.1 Å². The van der Waals surface area contributed by atoms with Gasteiger partial charge in [0.2, 0.25) is 0 Å². The molecule has 0 aliphatic carbocycles. The van der Waals surface area contributed by atoms with Crippen LogP contribution in [-0.4, -0.2) is 48.6 Å². The number of piperidine rings is 1. The Morgan fingerprint density at radius 1 is 1.39 bits per heavy atom. The number of thiazole rings is 1. The number of hydrogen-bond acceptors (Lipinski definition) is 4. The molecule has 132 valence electrons. The van der Waals surface area contributed by atoms with Crippen LogP contribution in [0.3, 0.4) is 0 Å². The minimum absolute atomic E-state index is 0. The molecule has 1 aromatic heterocycles. The molecule has 1 aliphatic rings. The van der Waals surface area contributed by atoms with Crippen LogP contribution >= 0.6 is 35.3 Å². The van der Waals surface area contributed by atoms with Gasteiger partial charge in [0, 0.05) is 31.6 Å². The fourth-order valence-corrected chi connectivity index (χ4v) is 3.52. The summed E-state index contributed by atoms with van der Waals surface area (Å²) in [6.07, 6.45) is 4.64. The molecule has 7 heteroatoms. The standard InChI is InChI=1S/C16H29N5S.HI/c1-4-8-21-9-6-13(7-10-21)20-16(17-3)18-11-14-12-22-15(5-2)19-14;/h12-13H,4-11H2,1-3H3,(H2,17,18,20);1H. The number of halogens is 1. The van der Waals surface area contributed by atoms with Crippen LogP contribution < -0.4 is 10.6 Å². The summed E-state index contributed by atoms with van der Waals surface area (Å²) in [5.74, 6) is 0.889. The molecule has 0 atom stereocenters. The third-order valence-corrected chi connectivity index (χ3v) is 5.07. The second kappa shape index (κ2) is 11.2. The van der Waals surface area contributed by atoms with Crippen molar-refractivity contribution in [3.63, 3.8) is 0 Å². The molecule has 2 rings (SSSR count). The molecule has 1 aromatic rings. The summed E-state index contributed by atoms with van der Waals surface area (Å²) in [6, 6.07) is 0.529. The summed E-state index contributed by atoms with van der Waals surface area (Å²) in [7, 11) is 1.83. The van der Waals surface area contributed by atoms with E-state index >= 15 is 0 Å². The number of rotatable bonds is 6. The molecule has 1 fully saturated rings. The molecule has 0 unspecified atom stereocenters. The van der Waals surface area contributed by atoms with Gasteiger partial charge < -0.3 is 15.5 Å². The summed E-state index contributed by atoms with van der Waals surface area (Å²) in [5.41, 5.74) is 1.10. The summed E-state index contributed by atoms with van der Waals surface area (Å²) in [4.78, 5) is 11.5. The summed E-state index contributed by atoms with van der Waals surface area (Å²) in [6.45, 7) is 8.73. The van der Waals surface area contributed by atoms with Gasteiger partial charge in [-0.2, -0.15) is 0 Å². The number of nitrogens with one attached hydrogen (secondary N) is 2. The lowest BCUT2D eigenvalue weighted by atomic mass is 10.1. The number of hydrogen-bond donors (Lipinski definition) is 2. The summed E-state index contributed by atoms with van der Waals surface area (Å²) >= 11 is 1.73. The largest absolute Gasteiger partial charge is 0.354 e. The lowest BCUT2D eigenvalue weighted by molar-refractivity contribution is 0.206. The van der Waals surface area contributed by atoms with Crippen LogP contribution in [0.4, 0.5) is 0 Å². The van der Waals surface area contributed by atoms with Crippen molar-refractivity contribution >= 4 is 41.3 Å². The van der Waals surface area contributed by atoms with E-state index in [1.54, 1.807) is 11.3 Å². The van der Waals surface area contributed by atoms with Gasteiger partial charge in [0.15, 0.2) is 5.96 Å². The van der Waals surface area contributed by atoms with Gasteiger partial charge in [-0.25, -0.2) is 4.98 Å². The van der Waals surface area contributed by atoms with E-state index in [1.165, 1.54) is 43.9 Å². The molecule has 5 nitrogen and oxygen atoms in total. The predicted octanol–water partition coefficient (Wildman–Crippen LogP) is 2.86. The van der Waals surface area contributed by atoms with Gasteiger partial charge in [-0.05, 0) is 32.2 Å². The Hall–Kier alpha value is -0.410. The second-order valence-electron chi connectivity index (χ2n) is 5.77. The number of aryl methyl sites for hydroxylation is 1. The Labute approximate surface area is 161 Å². The normalized spacial score (nSPS) is 16.9. The zero-order valence-electron chi connectivity index (χ0n) is 14.5. The van der Waals surface area contributed by atoms with Crippen LogP contribution in [0.1, 0.15) is 43.8 Å². The molecule has 0 aromatic carbocycles. The van der Waals surface area contributed by atoms with Crippen LogP contribution in [0, 0.1) is 0 Å². The SMILES string of the molecule is CCCN1CCC(NC(=NC)NCc2csc(CC)n2)CC1.I. The van der Waals surface area contributed by atoms with E-state index in [1.807, 2.05) is 7.05 Å². The third-order valence-electron chi connectivity index (χ3n) is 4.03. The number of aromatic nitrogens is 1. The van der Waals surface area contributed by atoms with Crippen molar-refractivity contribution in [1.82, 2.24) is 20.5 Å². The first-order valence-electron chi connectivity index (χ1n) is 8.38. The smallest absolute Gasteiger partial charge is 0.191 e. The Morgan fingerprint density at radius 3 is 2.70 bits per heavy atom. The molecule has 1 aliphatic heterocycles. The number of nitrogens with zero attached hydrogens (tertiary/aromatic N) is 3. The lowest BCUT2D eigenvalue weighted by Gasteiger charge is -2.32. The maximum Gasteiger partial charge on any atom is 0.191 e. The van der Waals surface area contributed by atoms with Crippen LogP contribution in [0.25, 0.3) is 0 Å². The highest BCUT2D eigenvalue weighted by molar-refractivity contribution is 14.0. The molecule has 0 amide bonds. The van der Waals surface area contributed by atoms with E-state index in [4.69, 9.17) is 0 Å². The quantitative estimate of drug-likeness (QED) is 0.397. The highest BCUT2D eigenvalue weighted by Gasteiger charge is 2.19. The van der Waals surface area contributed by atoms with Gasteiger partial charge in [0.25, 0.3) is 0 Å². The third kappa shape index (κ3) is 6.93. The average Bonchev–Trinajstić information content (AvgIpc) is 3.01. The summed E-state index contributed by atoms with van der Waals surface area (Å²) < 4.78 is 0. The molecule has 2 N–H and O–H groups in total. The predicted molar refractivity (Wildman–Crippen MR) is 110 cm³/mol. The zero-order chi connectivity index (χ0) is 15.8. The Morgan fingerprint density at radius 2 is 2.13 bits per heavy atom. The van der Waals surface area contributed by atoms with Gasteiger partial charge in [-0.1, -0.05) is 13.8 Å². The molecular weight excluding hydrogens is 421 g/mol. The molecule has 23 heavy (non-hydrogen) atoms. The van der Waals surface area contributed by atoms with E-state index in [0.29, 0.717) is 6.04 Å². The van der Waals surface area contributed by atoms with E-state index in [-0.39, 0.29) is 24.0 Å². The van der Waals surface area contributed by atoms with Crippen LogP contribution in [0.15, 0.2) is 10.4 Å². The van der Waals surface area contributed by atoms with Gasteiger partial charge in [0.1, 0.15) is 0 Å². The van der Waals surface area contributed by atoms with E-state index in [9.17, 15) is 0 Å². The van der Waals surface area contributed by atoms with Gasteiger partial charge in [-0.15, -0.1) is 35.3 Å². The van der Waals surface area contributed by atoms with Crippen molar-refractivity contribution < 1.29 is 0 Å². The fourth-order valence-electron chi connectivity index (χ4n) is 2.77. The molecule has 0 spiro atoms. The first kappa shape index (κ1) is 20.6. The van der Waals surface area contributed by atoms with E-state index < -0.39 is 0 Å². The van der Waals surface area contributed by atoms with Crippen molar-refractivity contribution in [2.24, 2.45) is 4.99 Å². The first-order valence-corrected chi connectivity index (χ1v) is 9.25. The van der Waals surface area contributed by atoms with Gasteiger partial charge >= 0.3 is 0 Å². The molecular formula is C16H30IN5S. The van der Waals surface area contributed by atoms with Crippen LogP contribution in [0.5, 0.6) is 0 Å². The second-order valence-corrected chi connectivity index (χ2v) is 6.71. The van der Waals surface area contributed by atoms with E-state index in [2.05, 4.69) is 44.7 Å². The van der Waals surface area contributed by atoms with Crippen molar-refractivity contribution in [2.45, 2.75) is 52.1 Å². The lowest BCUT2D eigenvalue weighted by Crippen LogP contribution is -2.48. The Kier molecular flexibility index (Phi) is 10.0. The first-order chi connectivity index (χ1) is 10.7. The van der Waals surface area contributed by atoms with Crippen LogP contribution in [0.2, 0.25) is 0 Å². The van der Waals surface area contributed by atoms with Crippen molar-refractivity contribution in [3.8, 4) is 0 Å². The molecule has 0 bridgehead atoms. The highest BCUT2D eigenvalue weighted by Crippen LogP contribution is 2.11. The van der Waals surface area contributed by atoms with Crippen molar-refractivity contribution in [2.75, 3.05) is 26.7 Å². The monoisotopic (exact) mass is 451 g/mol. The minimum atomic E-state index is 0. The Balaban J connectivity index is 0.00000264. The maximum absolute atomic E-state index is 4.58. The topological polar surface area (TPSA) is 52.5 Å². The fraction of sp³-hybridized carbons (Fsp3) is 0.750. The molecule has 0 radical (unpaired) electrons. The number of aliphatic imine (C=N–C) groups is 1. The van der Waals surface area contributed by atoms with E-state index in [0.717, 1.165) is 24.6 Å². The van der Waals surface area contributed by atoms with Gasteiger partial charge in [-0.3, -0.25) is 4.99 Å². The summed E-state index contributed by atoms with van der Waals surface area (Å²) in [5, 5.41) is 10.2. The maximum atomic E-state index is 4.58. The van der Waals surface area contributed by atoms with Crippen LogP contribution in [-0.2, 0) is 13.0 Å².